The number of rotatable bonds is 4. The average Bonchev–Trinajstić information content (AvgIpc) is 2.30. The molecule has 0 aliphatic rings. The van der Waals surface area contributed by atoms with Gasteiger partial charge in [0, 0.05) is 23.2 Å². The van der Waals surface area contributed by atoms with Crippen LogP contribution in [-0.4, -0.2) is 22.6 Å². The summed E-state index contributed by atoms with van der Waals surface area (Å²) in [5.74, 6) is 1.49. The van der Waals surface area contributed by atoms with E-state index in [9.17, 15) is 0 Å². The predicted molar refractivity (Wildman–Crippen MR) is 63.4 cm³/mol. The van der Waals surface area contributed by atoms with Crippen molar-refractivity contribution < 1.29 is 0 Å². The van der Waals surface area contributed by atoms with E-state index in [1.54, 1.807) is 6.20 Å². The Morgan fingerprint density at radius 2 is 2.13 bits per heavy atom. The zero-order valence-corrected chi connectivity index (χ0v) is 9.04. The van der Waals surface area contributed by atoms with Crippen molar-refractivity contribution in [3.63, 3.8) is 0 Å². The first-order valence-electron chi connectivity index (χ1n) is 4.92. The highest BCUT2D eigenvalue weighted by atomic mass is 35.5. The van der Waals surface area contributed by atoms with E-state index < -0.39 is 0 Å². The summed E-state index contributed by atoms with van der Waals surface area (Å²) >= 11 is 5.61. The number of benzene rings is 1. The van der Waals surface area contributed by atoms with Crippen LogP contribution in [0.1, 0.15) is 6.42 Å². The molecule has 0 saturated carbocycles. The van der Waals surface area contributed by atoms with Crippen molar-refractivity contribution in [2.45, 2.75) is 6.42 Å². The molecule has 4 heteroatoms. The number of nitrogens with one attached hydrogen (secondary N) is 1. The first-order chi connectivity index (χ1) is 7.42. The van der Waals surface area contributed by atoms with E-state index in [2.05, 4.69) is 15.5 Å². The van der Waals surface area contributed by atoms with Crippen molar-refractivity contribution in [1.29, 1.82) is 0 Å². The van der Waals surface area contributed by atoms with Crippen molar-refractivity contribution >= 4 is 28.2 Å². The van der Waals surface area contributed by atoms with Gasteiger partial charge in [-0.3, -0.25) is 0 Å². The molecule has 0 spiro atoms. The summed E-state index contributed by atoms with van der Waals surface area (Å²) in [6.07, 6.45) is 2.69. The van der Waals surface area contributed by atoms with E-state index in [0.717, 1.165) is 29.6 Å². The number of hydrogen-bond acceptors (Lipinski definition) is 3. The standard InChI is InChI=1S/C11H12ClN3/c12-6-3-7-13-11-10-5-2-1-4-9(10)8-14-15-11/h1-2,4-5,8H,3,6-7H2,(H,13,15). The van der Waals surface area contributed by atoms with Gasteiger partial charge in [-0.2, -0.15) is 5.10 Å². The summed E-state index contributed by atoms with van der Waals surface area (Å²) < 4.78 is 0. The Labute approximate surface area is 93.5 Å². The molecule has 0 atom stereocenters. The molecule has 1 heterocycles. The van der Waals surface area contributed by atoms with Crippen LogP contribution in [0.3, 0.4) is 0 Å². The SMILES string of the molecule is ClCCCNc1nncc2ccccc12. The third-order valence-corrected chi connectivity index (χ3v) is 2.44. The number of alkyl halides is 1. The number of anilines is 1. The maximum atomic E-state index is 5.61. The number of halogens is 1. The number of hydrogen-bond donors (Lipinski definition) is 1. The lowest BCUT2D eigenvalue weighted by Gasteiger charge is -2.06. The van der Waals surface area contributed by atoms with Gasteiger partial charge in [-0.15, -0.1) is 16.7 Å². The summed E-state index contributed by atoms with van der Waals surface area (Å²) in [5, 5.41) is 13.4. The monoisotopic (exact) mass is 221 g/mol. The van der Waals surface area contributed by atoms with Gasteiger partial charge in [0.1, 0.15) is 0 Å². The van der Waals surface area contributed by atoms with Crippen molar-refractivity contribution in [2.24, 2.45) is 0 Å². The van der Waals surface area contributed by atoms with Crippen LogP contribution in [0.15, 0.2) is 30.5 Å². The molecule has 78 valence electrons. The third-order valence-electron chi connectivity index (χ3n) is 2.17. The summed E-state index contributed by atoms with van der Waals surface area (Å²) in [6, 6.07) is 8.05. The molecule has 1 N–H and O–H groups in total. The molecule has 1 aromatic heterocycles. The van der Waals surface area contributed by atoms with Crippen LogP contribution >= 0.6 is 11.6 Å². The van der Waals surface area contributed by atoms with Crippen LogP contribution in [-0.2, 0) is 0 Å². The normalized spacial score (nSPS) is 10.5. The first kappa shape index (κ1) is 10.2. The highest BCUT2D eigenvalue weighted by Gasteiger charge is 2.00. The molecular formula is C11H12ClN3. The predicted octanol–water partition coefficient (Wildman–Crippen LogP) is 2.67. The van der Waals surface area contributed by atoms with Gasteiger partial charge in [0.05, 0.1) is 6.20 Å². The van der Waals surface area contributed by atoms with E-state index in [0.29, 0.717) is 5.88 Å². The topological polar surface area (TPSA) is 37.8 Å². The minimum Gasteiger partial charge on any atom is -0.368 e. The third kappa shape index (κ3) is 2.36. The van der Waals surface area contributed by atoms with Crippen molar-refractivity contribution in [3.05, 3.63) is 30.5 Å². The van der Waals surface area contributed by atoms with E-state index in [1.807, 2.05) is 24.3 Å². The number of fused-ring (bicyclic) bond motifs is 1. The zero-order valence-electron chi connectivity index (χ0n) is 8.28. The highest BCUT2D eigenvalue weighted by Crippen LogP contribution is 2.18. The van der Waals surface area contributed by atoms with Gasteiger partial charge in [0.25, 0.3) is 0 Å². The molecule has 0 bridgehead atoms. The number of nitrogens with zero attached hydrogens (tertiary/aromatic N) is 2. The second kappa shape index (κ2) is 4.94. The second-order valence-corrected chi connectivity index (χ2v) is 3.63. The lowest BCUT2D eigenvalue weighted by molar-refractivity contribution is 0.956. The molecule has 0 unspecified atom stereocenters. The number of aromatic nitrogens is 2. The zero-order chi connectivity index (χ0) is 10.5. The fraction of sp³-hybridized carbons (Fsp3) is 0.273. The van der Waals surface area contributed by atoms with Crippen LogP contribution in [0.4, 0.5) is 5.82 Å². The largest absolute Gasteiger partial charge is 0.368 e. The Balaban J connectivity index is 2.26. The van der Waals surface area contributed by atoms with Gasteiger partial charge in [0.15, 0.2) is 5.82 Å². The minimum atomic E-state index is 0.658. The van der Waals surface area contributed by atoms with Gasteiger partial charge in [-0.25, -0.2) is 0 Å². The van der Waals surface area contributed by atoms with Crippen molar-refractivity contribution in [1.82, 2.24) is 10.2 Å². The van der Waals surface area contributed by atoms with E-state index in [1.165, 1.54) is 0 Å². The molecule has 0 saturated heterocycles. The lowest BCUT2D eigenvalue weighted by atomic mass is 10.2. The molecule has 0 radical (unpaired) electrons. The van der Waals surface area contributed by atoms with Crippen LogP contribution in [0.2, 0.25) is 0 Å². The molecule has 2 rings (SSSR count). The Morgan fingerprint density at radius 3 is 3.00 bits per heavy atom. The summed E-state index contributed by atoms with van der Waals surface area (Å²) in [6.45, 7) is 0.826. The Kier molecular flexibility index (Phi) is 3.35. The molecule has 3 nitrogen and oxygen atoms in total. The smallest absolute Gasteiger partial charge is 0.156 e. The van der Waals surface area contributed by atoms with E-state index in [4.69, 9.17) is 11.6 Å². The van der Waals surface area contributed by atoms with Crippen LogP contribution < -0.4 is 5.32 Å². The quantitative estimate of drug-likeness (QED) is 0.637. The average molecular weight is 222 g/mol. The van der Waals surface area contributed by atoms with Crippen LogP contribution in [0.25, 0.3) is 10.8 Å². The van der Waals surface area contributed by atoms with Gasteiger partial charge < -0.3 is 5.32 Å². The van der Waals surface area contributed by atoms with Crippen molar-refractivity contribution in [2.75, 3.05) is 17.7 Å². The van der Waals surface area contributed by atoms with E-state index >= 15 is 0 Å². The molecule has 0 aliphatic carbocycles. The van der Waals surface area contributed by atoms with Gasteiger partial charge >= 0.3 is 0 Å². The van der Waals surface area contributed by atoms with E-state index in [-0.39, 0.29) is 0 Å². The van der Waals surface area contributed by atoms with Crippen molar-refractivity contribution in [3.8, 4) is 0 Å². The Bertz CT molecular complexity index is 439. The van der Waals surface area contributed by atoms with Gasteiger partial charge in [0.2, 0.25) is 0 Å². The molecule has 15 heavy (non-hydrogen) atoms. The molecule has 2 aromatic rings. The maximum Gasteiger partial charge on any atom is 0.156 e. The van der Waals surface area contributed by atoms with Crippen LogP contribution in [0, 0.1) is 0 Å². The molecule has 0 fully saturated rings. The molecular weight excluding hydrogens is 210 g/mol. The first-order valence-corrected chi connectivity index (χ1v) is 5.45. The van der Waals surface area contributed by atoms with Gasteiger partial charge in [-0.05, 0) is 6.42 Å². The lowest BCUT2D eigenvalue weighted by Crippen LogP contribution is -2.05. The summed E-state index contributed by atoms with van der Waals surface area (Å²) in [5.41, 5.74) is 0. The summed E-state index contributed by atoms with van der Waals surface area (Å²) in [4.78, 5) is 0. The fourth-order valence-electron chi connectivity index (χ4n) is 1.43. The Morgan fingerprint density at radius 1 is 1.27 bits per heavy atom. The second-order valence-electron chi connectivity index (χ2n) is 3.25. The molecule has 0 aliphatic heterocycles. The highest BCUT2D eigenvalue weighted by molar-refractivity contribution is 6.17. The fourth-order valence-corrected chi connectivity index (χ4v) is 1.57. The summed E-state index contributed by atoms with van der Waals surface area (Å²) in [7, 11) is 0. The van der Waals surface area contributed by atoms with Gasteiger partial charge in [-0.1, -0.05) is 24.3 Å². The minimum absolute atomic E-state index is 0.658. The Hall–Kier alpha value is -1.35. The molecule has 0 amide bonds. The van der Waals surface area contributed by atoms with Crippen LogP contribution in [0.5, 0.6) is 0 Å². The molecule has 1 aromatic carbocycles. The maximum absolute atomic E-state index is 5.61.